The van der Waals surface area contributed by atoms with Gasteiger partial charge in [-0.1, -0.05) is 6.92 Å². The normalized spacial score (nSPS) is 29.1. The molecule has 1 aliphatic carbocycles. The highest BCUT2D eigenvalue weighted by atomic mass is 16.6. The molecule has 0 bridgehead atoms. The molecule has 2 aromatic rings. The van der Waals surface area contributed by atoms with Gasteiger partial charge in [0.05, 0.1) is 17.5 Å². The van der Waals surface area contributed by atoms with E-state index in [0.29, 0.717) is 42.6 Å². The van der Waals surface area contributed by atoms with E-state index in [2.05, 4.69) is 27.5 Å². The molecule has 2 aliphatic heterocycles. The Morgan fingerprint density at radius 1 is 1.34 bits per heavy atom. The van der Waals surface area contributed by atoms with E-state index in [9.17, 15) is 14.8 Å². The zero-order valence-corrected chi connectivity index (χ0v) is 20.7. The number of hydroxylamine groups is 1. The van der Waals surface area contributed by atoms with Crippen LogP contribution in [0.3, 0.4) is 0 Å². The number of nitrogens with zero attached hydrogens (tertiary/aromatic N) is 4. The molecule has 5 atom stereocenters. The lowest BCUT2D eigenvalue weighted by atomic mass is 9.96. The number of rotatable bonds is 4. The van der Waals surface area contributed by atoms with E-state index in [0.717, 1.165) is 25.0 Å². The number of aliphatic imine (C=N–C) groups is 1. The minimum atomic E-state index is -0.546. The molecule has 2 saturated heterocycles. The Bertz CT molecular complexity index is 1200. The number of epoxide rings is 1. The van der Waals surface area contributed by atoms with Crippen molar-refractivity contribution >= 4 is 17.6 Å². The maximum Gasteiger partial charge on any atom is 0.410 e. The van der Waals surface area contributed by atoms with Crippen LogP contribution < -0.4 is 11.0 Å². The molecule has 0 spiro atoms. The molecular weight excluding hydrogens is 452 g/mol. The van der Waals surface area contributed by atoms with Crippen LogP contribution in [-0.4, -0.2) is 67.7 Å². The summed E-state index contributed by atoms with van der Waals surface area (Å²) in [5.74, 6) is 1.42. The molecule has 1 saturated carbocycles. The summed E-state index contributed by atoms with van der Waals surface area (Å²) in [6, 6.07) is 1.56. The summed E-state index contributed by atoms with van der Waals surface area (Å²) in [6.45, 7) is 8.90. The van der Waals surface area contributed by atoms with Crippen LogP contribution in [-0.2, 0) is 9.47 Å². The third-order valence-corrected chi connectivity index (χ3v) is 7.04. The molecule has 1 amide bonds. The van der Waals surface area contributed by atoms with Crippen molar-refractivity contribution < 1.29 is 19.5 Å². The molecule has 3 aliphatic rings. The molecule has 3 fully saturated rings. The zero-order valence-electron chi connectivity index (χ0n) is 20.7. The van der Waals surface area contributed by atoms with Gasteiger partial charge in [0.2, 0.25) is 0 Å². The summed E-state index contributed by atoms with van der Waals surface area (Å²) in [5, 5.41) is 14.3. The molecule has 35 heavy (non-hydrogen) atoms. The van der Waals surface area contributed by atoms with Crippen molar-refractivity contribution in [3.05, 3.63) is 33.9 Å². The monoisotopic (exact) mass is 486 g/mol. The van der Waals surface area contributed by atoms with Crippen LogP contribution in [0, 0.1) is 11.8 Å². The van der Waals surface area contributed by atoms with E-state index >= 15 is 0 Å². The number of carbonyl (C=O) groups is 1. The molecule has 5 rings (SSSR count). The largest absolute Gasteiger partial charge is 0.444 e. The number of nitrogens with one attached hydrogen (secondary N) is 2. The Kier molecular flexibility index (Phi) is 6.08. The fourth-order valence-corrected chi connectivity index (χ4v) is 5.00. The standard InChI is InChI=1S/C24H34N6O5/c1-13-10-15(13)19-22(34-19)27-20(28-33)16-12-25-30-17(11-18(31)26-21(16)30)14-6-5-8-29(9-7-14)23(32)35-24(2,3)4/h11-15,19,22,33H,5-10H2,1-4H3,(H,26,31)(H,27,28). The van der Waals surface area contributed by atoms with E-state index in [1.807, 2.05) is 20.8 Å². The third kappa shape index (κ3) is 5.06. The maximum atomic E-state index is 12.6. The van der Waals surface area contributed by atoms with Gasteiger partial charge in [-0.15, -0.1) is 0 Å². The number of fused-ring (bicyclic) bond motifs is 1. The third-order valence-electron chi connectivity index (χ3n) is 7.04. The Balaban J connectivity index is 1.37. The number of ether oxygens (including phenoxy) is 2. The molecule has 5 unspecified atom stereocenters. The average molecular weight is 487 g/mol. The minimum Gasteiger partial charge on any atom is -0.444 e. The fourth-order valence-electron chi connectivity index (χ4n) is 5.00. The number of likely N-dealkylation sites (tertiary alicyclic amines) is 1. The zero-order chi connectivity index (χ0) is 24.9. The lowest BCUT2D eigenvalue weighted by Crippen LogP contribution is -2.37. The van der Waals surface area contributed by atoms with E-state index in [4.69, 9.17) is 9.47 Å². The van der Waals surface area contributed by atoms with E-state index in [-0.39, 0.29) is 35.7 Å². The number of aromatic nitrogens is 3. The number of aromatic amines is 1. The summed E-state index contributed by atoms with van der Waals surface area (Å²) in [4.78, 5) is 34.3. The lowest BCUT2D eigenvalue weighted by Gasteiger charge is -2.26. The van der Waals surface area contributed by atoms with Crippen molar-refractivity contribution in [2.45, 2.75) is 77.2 Å². The van der Waals surface area contributed by atoms with Gasteiger partial charge in [0, 0.05) is 25.1 Å². The molecule has 3 N–H and O–H groups in total. The van der Waals surface area contributed by atoms with Crippen molar-refractivity contribution in [1.29, 1.82) is 0 Å². The second-order valence-corrected chi connectivity index (χ2v) is 10.9. The first-order chi connectivity index (χ1) is 16.6. The smallest absolute Gasteiger partial charge is 0.410 e. The summed E-state index contributed by atoms with van der Waals surface area (Å²) in [7, 11) is 0. The van der Waals surface area contributed by atoms with Crippen molar-refractivity contribution in [3.63, 3.8) is 0 Å². The van der Waals surface area contributed by atoms with E-state index in [1.165, 1.54) is 0 Å². The Hall–Kier alpha value is -2.92. The van der Waals surface area contributed by atoms with Gasteiger partial charge in [0.25, 0.3) is 5.56 Å². The second kappa shape index (κ2) is 8.94. The number of H-pyrrole nitrogens is 1. The van der Waals surface area contributed by atoms with Crippen molar-refractivity contribution in [2.24, 2.45) is 16.8 Å². The van der Waals surface area contributed by atoms with Crippen LogP contribution in [0.2, 0.25) is 0 Å². The molecule has 0 aromatic carbocycles. The van der Waals surface area contributed by atoms with Crippen molar-refractivity contribution in [2.75, 3.05) is 13.1 Å². The number of amidine groups is 1. The Labute approximate surface area is 203 Å². The lowest BCUT2D eigenvalue weighted by molar-refractivity contribution is 0.0256. The van der Waals surface area contributed by atoms with E-state index in [1.54, 1.807) is 21.7 Å². The quantitative estimate of drug-likeness (QED) is 0.261. The highest BCUT2D eigenvalue weighted by molar-refractivity contribution is 6.03. The highest BCUT2D eigenvalue weighted by Gasteiger charge is 2.54. The van der Waals surface area contributed by atoms with Crippen LogP contribution in [0.15, 0.2) is 22.1 Å². The van der Waals surface area contributed by atoms with Crippen LogP contribution >= 0.6 is 0 Å². The van der Waals surface area contributed by atoms with Crippen LogP contribution in [0.4, 0.5) is 4.79 Å². The molecular formula is C24H34N6O5. The van der Waals surface area contributed by atoms with Gasteiger partial charge in [0.15, 0.2) is 12.1 Å². The molecule has 2 aromatic heterocycles. The van der Waals surface area contributed by atoms with Gasteiger partial charge in [-0.3, -0.25) is 15.5 Å². The average Bonchev–Trinajstić information content (AvgIpc) is 3.68. The topological polar surface area (TPSA) is 137 Å². The van der Waals surface area contributed by atoms with Crippen molar-refractivity contribution in [1.82, 2.24) is 25.0 Å². The molecule has 4 heterocycles. The summed E-state index contributed by atoms with van der Waals surface area (Å²) in [5.41, 5.74) is 3.08. The van der Waals surface area contributed by atoms with Gasteiger partial charge >= 0.3 is 6.09 Å². The molecule has 0 radical (unpaired) electrons. The van der Waals surface area contributed by atoms with Gasteiger partial charge in [-0.05, 0) is 58.3 Å². The Morgan fingerprint density at radius 3 is 2.80 bits per heavy atom. The number of hydrogen-bond acceptors (Lipinski definition) is 7. The van der Waals surface area contributed by atoms with E-state index < -0.39 is 5.60 Å². The molecule has 11 heteroatoms. The van der Waals surface area contributed by atoms with Gasteiger partial charge in [-0.2, -0.15) is 5.10 Å². The number of amides is 1. The van der Waals surface area contributed by atoms with Crippen LogP contribution in [0.5, 0.6) is 0 Å². The molecule has 11 nitrogen and oxygen atoms in total. The molecule has 190 valence electrons. The number of carbonyl (C=O) groups excluding carboxylic acids is 1. The first-order valence-corrected chi connectivity index (χ1v) is 12.4. The predicted molar refractivity (Wildman–Crippen MR) is 128 cm³/mol. The SMILES string of the molecule is CC1CC1C1OC1N=C(NO)c1cnn2c(C3CCCN(C(=O)OC(C)(C)C)CC3)cc(=O)[nH]c12. The summed E-state index contributed by atoms with van der Waals surface area (Å²) in [6.07, 6.45) is 4.47. The summed E-state index contributed by atoms with van der Waals surface area (Å²) >= 11 is 0. The van der Waals surface area contributed by atoms with Gasteiger partial charge in [0.1, 0.15) is 17.4 Å². The summed E-state index contributed by atoms with van der Waals surface area (Å²) < 4.78 is 12.9. The first kappa shape index (κ1) is 23.8. The van der Waals surface area contributed by atoms with Crippen LogP contribution in [0.1, 0.15) is 70.6 Å². The second-order valence-electron chi connectivity index (χ2n) is 10.9. The predicted octanol–water partition coefficient (Wildman–Crippen LogP) is 2.63. The number of hydrogen-bond donors (Lipinski definition) is 3. The first-order valence-electron chi connectivity index (χ1n) is 12.4. The van der Waals surface area contributed by atoms with Gasteiger partial charge < -0.3 is 19.4 Å². The fraction of sp³-hybridized carbons (Fsp3) is 0.667. The van der Waals surface area contributed by atoms with Gasteiger partial charge in [-0.25, -0.2) is 14.3 Å². The Morgan fingerprint density at radius 2 is 2.11 bits per heavy atom. The highest BCUT2D eigenvalue weighted by Crippen LogP contribution is 2.49. The van der Waals surface area contributed by atoms with Crippen LogP contribution in [0.25, 0.3) is 5.65 Å². The minimum absolute atomic E-state index is 0.0370. The van der Waals surface area contributed by atoms with Crippen molar-refractivity contribution in [3.8, 4) is 0 Å². The maximum absolute atomic E-state index is 12.6.